The summed E-state index contributed by atoms with van der Waals surface area (Å²) in [6.45, 7) is 3.38. The molecule has 15 heavy (non-hydrogen) atoms. The average Bonchev–Trinajstić information content (AvgIpc) is 2.59. The van der Waals surface area contributed by atoms with Gasteiger partial charge in [-0.25, -0.2) is 4.98 Å². The number of aromatic nitrogens is 1. The standard InChI is InChI=1S/C11H15ClN2O/c1-8-9(7-15)3-5-14(8)10-2-4-13-11(12)6-10/h2,4,6,8-9,15H,3,5,7H2,1H3. The Labute approximate surface area is 94.7 Å². The molecule has 0 bridgehead atoms. The van der Waals surface area contributed by atoms with Crippen LogP contribution in [0.25, 0.3) is 0 Å². The van der Waals surface area contributed by atoms with E-state index in [4.69, 9.17) is 11.6 Å². The minimum absolute atomic E-state index is 0.260. The molecule has 0 saturated carbocycles. The van der Waals surface area contributed by atoms with Gasteiger partial charge in [-0.3, -0.25) is 0 Å². The zero-order valence-corrected chi connectivity index (χ0v) is 9.48. The minimum Gasteiger partial charge on any atom is -0.396 e. The van der Waals surface area contributed by atoms with Crippen LogP contribution in [0, 0.1) is 5.92 Å². The number of pyridine rings is 1. The number of hydrogen-bond donors (Lipinski definition) is 1. The van der Waals surface area contributed by atoms with E-state index in [-0.39, 0.29) is 6.61 Å². The molecule has 1 N–H and O–H groups in total. The van der Waals surface area contributed by atoms with E-state index >= 15 is 0 Å². The van der Waals surface area contributed by atoms with E-state index < -0.39 is 0 Å². The Bertz CT molecular complexity index is 345. The molecule has 1 fully saturated rings. The topological polar surface area (TPSA) is 36.4 Å². The molecule has 1 aliphatic heterocycles. The van der Waals surface area contributed by atoms with Crippen LogP contribution in [0.4, 0.5) is 5.69 Å². The van der Waals surface area contributed by atoms with Crippen LogP contribution in [0.3, 0.4) is 0 Å². The van der Waals surface area contributed by atoms with E-state index in [0.717, 1.165) is 18.7 Å². The predicted molar refractivity (Wildman–Crippen MR) is 61.2 cm³/mol. The van der Waals surface area contributed by atoms with Crippen molar-refractivity contribution in [3.63, 3.8) is 0 Å². The van der Waals surface area contributed by atoms with Crippen molar-refractivity contribution in [2.24, 2.45) is 5.92 Å². The molecule has 1 saturated heterocycles. The molecule has 1 aromatic rings. The van der Waals surface area contributed by atoms with Crippen LogP contribution in [0.5, 0.6) is 0 Å². The van der Waals surface area contributed by atoms with Crippen LogP contribution in [0.2, 0.25) is 5.15 Å². The van der Waals surface area contributed by atoms with Gasteiger partial charge in [0.15, 0.2) is 0 Å². The molecule has 2 unspecified atom stereocenters. The average molecular weight is 227 g/mol. The van der Waals surface area contributed by atoms with Gasteiger partial charge in [-0.2, -0.15) is 0 Å². The summed E-state index contributed by atoms with van der Waals surface area (Å²) in [6.07, 6.45) is 2.76. The predicted octanol–water partition coefficient (Wildman–Crippen LogP) is 1.94. The molecule has 3 nitrogen and oxygen atoms in total. The molecule has 0 spiro atoms. The van der Waals surface area contributed by atoms with E-state index in [1.165, 1.54) is 0 Å². The van der Waals surface area contributed by atoms with Gasteiger partial charge in [-0.15, -0.1) is 0 Å². The number of halogens is 1. The number of nitrogens with zero attached hydrogens (tertiary/aromatic N) is 2. The summed E-state index contributed by atoms with van der Waals surface area (Å²) >= 11 is 5.85. The minimum atomic E-state index is 0.260. The highest BCUT2D eigenvalue weighted by Gasteiger charge is 2.30. The fourth-order valence-electron chi connectivity index (χ4n) is 2.18. The zero-order valence-electron chi connectivity index (χ0n) is 8.73. The first kappa shape index (κ1) is 10.7. The maximum atomic E-state index is 9.19. The molecule has 0 aliphatic carbocycles. The maximum Gasteiger partial charge on any atom is 0.131 e. The number of aliphatic hydroxyl groups is 1. The molecule has 2 atom stereocenters. The quantitative estimate of drug-likeness (QED) is 0.784. The van der Waals surface area contributed by atoms with Crippen LogP contribution in [0.1, 0.15) is 13.3 Å². The molecule has 0 aromatic carbocycles. The van der Waals surface area contributed by atoms with Crippen molar-refractivity contribution in [1.82, 2.24) is 4.98 Å². The first-order chi connectivity index (χ1) is 7.22. The summed E-state index contributed by atoms with van der Waals surface area (Å²) in [5.41, 5.74) is 1.10. The molecule has 1 aliphatic rings. The molecular weight excluding hydrogens is 212 g/mol. The SMILES string of the molecule is CC1C(CO)CCN1c1ccnc(Cl)c1. The van der Waals surface area contributed by atoms with E-state index in [2.05, 4.69) is 16.8 Å². The van der Waals surface area contributed by atoms with Crippen LogP contribution < -0.4 is 4.90 Å². The van der Waals surface area contributed by atoms with E-state index in [9.17, 15) is 5.11 Å². The van der Waals surface area contributed by atoms with Gasteiger partial charge in [0.05, 0.1) is 0 Å². The van der Waals surface area contributed by atoms with Gasteiger partial charge >= 0.3 is 0 Å². The smallest absolute Gasteiger partial charge is 0.131 e. The molecular formula is C11H15ClN2O. The zero-order chi connectivity index (χ0) is 10.8. The number of hydrogen-bond acceptors (Lipinski definition) is 3. The summed E-state index contributed by atoms with van der Waals surface area (Å²) in [7, 11) is 0. The second-order valence-corrected chi connectivity index (χ2v) is 4.39. The van der Waals surface area contributed by atoms with Crippen molar-refractivity contribution in [3.05, 3.63) is 23.5 Å². The Kier molecular flexibility index (Phi) is 3.12. The first-order valence-corrected chi connectivity index (χ1v) is 5.59. The van der Waals surface area contributed by atoms with Crippen LogP contribution in [-0.4, -0.2) is 29.3 Å². The lowest BCUT2D eigenvalue weighted by atomic mass is 10.0. The third-order valence-electron chi connectivity index (χ3n) is 3.19. The monoisotopic (exact) mass is 226 g/mol. The Morgan fingerprint density at radius 3 is 3.07 bits per heavy atom. The van der Waals surface area contributed by atoms with Crippen molar-refractivity contribution >= 4 is 17.3 Å². The Balaban J connectivity index is 2.18. The maximum absolute atomic E-state index is 9.19. The summed E-state index contributed by atoms with van der Waals surface area (Å²) < 4.78 is 0. The second-order valence-electron chi connectivity index (χ2n) is 4.00. The van der Waals surface area contributed by atoms with Crippen molar-refractivity contribution in [1.29, 1.82) is 0 Å². The molecule has 82 valence electrons. The lowest BCUT2D eigenvalue weighted by molar-refractivity contribution is 0.221. The Hall–Kier alpha value is -0.800. The molecule has 2 rings (SSSR count). The normalized spacial score (nSPS) is 25.9. The van der Waals surface area contributed by atoms with Crippen molar-refractivity contribution in [3.8, 4) is 0 Å². The van der Waals surface area contributed by atoms with E-state index in [0.29, 0.717) is 17.1 Å². The summed E-state index contributed by atoms with van der Waals surface area (Å²) in [5.74, 6) is 0.372. The highest BCUT2D eigenvalue weighted by atomic mass is 35.5. The van der Waals surface area contributed by atoms with Crippen LogP contribution >= 0.6 is 11.6 Å². The van der Waals surface area contributed by atoms with Gasteiger partial charge in [0.2, 0.25) is 0 Å². The molecule has 0 amide bonds. The van der Waals surface area contributed by atoms with Gasteiger partial charge in [-0.1, -0.05) is 11.6 Å². The summed E-state index contributed by atoms with van der Waals surface area (Å²) in [6, 6.07) is 4.20. The summed E-state index contributed by atoms with van der Waals surface area (Å²) in [4.78, 5) is 6.24. The third-order valence-corrected chi connectivity index (χ3v) is 3.40. The lowest BCUT2D eigenvalue weighted by Gasteiger charge is -2.26. The van der Waals surface area contributed by atoms with Crippen LogP contribution in [-0.2, 0) is 0 Å². The van der Waals surface area contributed by atoms with E-state index in [1.54, 1.807) is 6.20 Å². The van der Waals surface area contributed by atoms with Gasteiger partial charge in [0.1, 0.15) is 5.15 Å². The van der Waals surface area contributed by atoms with Gasteiger partial charge < -0.3 is 10.0 Å². The fraction of sp³-hybridized carbons (Fsp3) is 0.545. The first-order valence-electron chi connectivity index (χ1n) is 5.21. The Morgan fingerprint density at radius 2 is 2.47 bits per heavy atom. The number of anilines is 1. The number of aliphatic hydroxyl groups excluding tert-OH is 1. The largest absolute Gasteiger partial charge is 0.396 e. The molecule has 0 radical (unpaired) electrons. The van der Waals surface area contributed by atoms with E-state index in [1.807, 2.05) is 12.1 Å². The Morgan fingerprint density at radius 1 is 1.67 bits per heavy atom. The second kappa shape index (κ2) is 4.37. The van der Waals surface area contributed by atoms with Crippen LogP contribution in [0.15, 0.2) is 18.3 Å². The highest BCUT2D eigenvalue weighted by molar-refractivity contribution is 6.29. The fourth-order valence-corrected chi connectivity index (χ4v) is 2.35. The number of rotatable bonds is 2. The lowest BCUT2D eigenvalue weighted by Crippen LogP contribution is -2.31. The molecule has 2 heterocycles. The molecule has 1 aromatic heterocycles. The highest BCUT2D eigenvalue weighted by Crippen LogP contribution is 2.29. The molecule has 4 heteroatoms. The van der Waals surface area contributed by atoms with Crippen molar-refractivity contribution in [2.45, 2.75) is 19.4 Å². The van der Waals surface area contributed by atoms with Gasteiger partial charge in [-0.05, 0) is 25.5 Å². The van der Waals surface area contributed by atoms with Gasteiger partial charge in [0, 0.05) is 37.0 Å². The van der Waals surface area contributed by atoms with Crippen molar-refractivity contribution in [2.75, 3.05) is 18.1 Å². The summed E-state index contributed by atoms with van der Waals surface area (Å²) in [5, 5.41) is 9.71. The van der Waals surface area contributed by atoms with Crippen molar-refractivity contribution < 1.29 is 5.11 Å². The van der Waals surface area contributed by atoms with Gasteiger partial charge in [0.25, 0.3) is 0 Å². The third kappa shape index (κ3) is 2.08.